The van der Waals surface area contributed by atoms with Gasteiger partial charge in [0.05, 0.1) is 0 Å². The van der Waals surface area contributed by atoms with Crippen LogP contribution < -0.4 is 0 Å². The third-order valence-electron chi connectivity index (χ3n) is 1.87. The molecule has 0 saturated heterocycles. The number of hydrogen-bond acceptors (Lipinski definition) is 4. The fraction of sp³-hybridized carbons (Fsp3) is 0.100. The Hall–Kier alpha value is -1.14. The Kier molecular flexibility index (Phi) is 3.40. The molecule has 0 fully saturated rings. The number of H-pyrrole nitrogens is 1. The Morgan fingerprint density at radius 2 is 2.31 bits per heavy atom. The van der Waals surface area contributed by atoms with Crippen LogP contribution in [0, 0.1) is 6.92 Å². The van der Waals surface area contributed by atoms with Crippen LogP contribution >= 0.6 is 27.7 Å². The van der Waals surface area contributed by atoms with Crippen LogP contribution in [0.15, 0.2) is 32.7 Å². The van der Waals surface area contributed by atoms with Crippen molar-refractivity contribution in [2.75, 3.05) is 0 Å². The van der Waals surface area contributed by atoms with E-state index in [1.165, 1.54) is 11.8 Å². The highest BCUT2D eigenvalue weighted by Gasteiger charge is 2.06. The van der Waals surface area contributed by atoms with Gasteiger partial charge in [-0.1, -0.05) is 6.07 Å². The first kappa shape index (κ1) is 11.3. The van der Waals surface area contributed by atoms with Crippen LogP contribution in [0.5, 0.6) is 0 Å². The van der Waals surface area contributed by atoms with Crippen molar-refractivity contribution in [3.8, 4) is 0 Å². The number of hydrogen-bond donors (Lipinski definition) is 1. The van der Waals surface area contributed by atoms with E-state index in [1.54, 1.807) is 12.1 Å². The number of halogens is 1. The van der Waals surface area contributed by atoms with Crippen molar-refractivity contribution in [1.82, 2.24) is 15.2 Å². The second kappa shape index (κ2) is 4.80. The zero-order valence-electron chi connectivity index (χ0n) is 8.40. The van der Waals surface area contributed by atoms with Gasteiger partial charge in [-0.2, -0.15) is 0 Å². The van der Waals surface area contributed by atoms with Crippen molar-refractivity contribution in [3.63, 3.8) is 0 Å². The number of nitrogens with zero attached hydrogens (tertiary/aromatic N) is 2. The molecule has 4 nitrogen and oxygen atoms in total. The minimum absolute atomic E-state index is 0.641. The number of aldehydes is 1. The Morgan fingerprint density at radius 3 is 2.88 bits per heavy atom. The minimum atomic E-state index is 0.641. The first-order valence-corrected chi connectivity index (χ1v) is 6.11. The van der Waals surface area contributed by atoms with Crippen molar-refractivity contribution >= 4 is 34.0 Å². The van der Waals surface area contributed by atoms with Gasteiger partial charge in [-0.05, 0) is 46.7 Å². The standard InChI is InChI=1S/C10H8BrN3OS/c1-6-12-10(14-13-6)16-9-3-2-7(5-15)4-8(9)11/h2-5H,1H3,(H,12,13,14). The number of rotatable bonds is 3. The Bertz CT molecular complexity index is 527. The summed E-state index contributed by atoms with van der Waals surface area (Å²) in [5.74, 6) is 0.781. The smallest absolute Gasteiger partial charge is 0.213 e. The van der Waals surface area contributed by atoms with E-state index in [0.717, 1.165) is 21.5 Å². The van der Waals surface area contributed by atoms with E-state index in [0.29, 0.717) is 10.7 Å². The largest absolute Gasteiger partial charge is 0.298 e. The second-order valence-electron chi connectivity index (χ2n) is 3.11. The minimum Gasteiger partial charge on any atom is -0.298 e. The van der Waals surface area contributed by atoms with Gasteiger partial charge in [-0.25, -0.2) is 4.98 Å². The van der Waals surface area contributed by atoms with Crippen LogP contribution in [0.3, 0.4) is 0 Å². The fourth-order valence-corrected chi connectivity index (χ4v) is 2.54. The molecule has 0 atom stereocenters. The van der Waals surface area contributed by atoms with Crippen LogP contribution in [0.2, 0.25) is 0 Å². The first-order valence-electron chi connectivity index (χ1n) is 4.50. The molecule has 0 aliphatic carbocycles. The molecule has 0 radical (unpaired) electrons. The lowest BCUT2D eigenvalue weighted by Gasteiger charge is -2.01. The highest BCUT2D eigenvalue weighted by atomic mass is 79.9. The number of aromatic nitrogens is 3. The lowest BCUT2D eigenvalue weighted by atomic mass is 10.2. The van der Waals surface area contributed by atoms with Gasteiger partial charge in [-0.3, -0.25) is 9.89 Å². The average molecular weight is 298 g/mol. The lowest BCUT2D eigenvalue weighted by Crippen LogP contribution is -1.83. The summed E-state index contributed by atoms with van der Waals surface area (Å²) >= 11 is 4.84. The van der Waals surface area contributed by atoms with Crippen molar-refractivity contribution in [2.24, 2.45) is 0 Å². The van der Waals surface area contributed by atoms with E-state index < -0.39 is 0 Å². The van der Waals surface area contributed by atoms with Crippen LogP contribution in [0.1, 0.15) is 16.2 Å². The predicted octanol–water partition coefficient (Wildman–Crippen LogP) is 2.84. The molecular formula is C10H8BrN3OS. The van der Waals surface area contributed by atoms with Gasteiger partial charge in [0.25, 0.3) is 0 Å². The van der Waals surface area contributed by atoms with Crippen LogP contribution in [-0.2, 0) is 0 Å². The molecule has 6 heteroatoms. The zero-order chi connectivity index (χ0) is 11.5. The number of nitrogens with one attached hydrogen (secondary N) is 1. The molecule has 1 aromatic carbocycles. The van der Waals surface area contributed by atoms with Gasteiger partial charge in [0.15, 0.2) is 0 Å². The quantitative estimate of drug-likeness (QED) is 0.885. The van der Waals surface area contributed by atoms with E-state index in [-0.39, 0.29) is 0 Å². The van der Waals surface area contributed by atoms with E-state index in [1.807, 2.05) is 13.0 Å². The van der Waals surface area contributed by atoms with Crippen LogP contribution in [0.4, 0.5) is 0 Å². The maximum atomic E-state index is 10.6. The zero-order valence-corrected chi connectivity index (χ0v) is 10.8. The highest BCUT2D eigenvalue weighted by Crippen LogP contribution is 2.31. The van der Waals surface area contributed by atoms with E-state index >= 15 is 0 Å². The summed E-state index contributed by atoms with van der Waals surface area (Å²) in [7, 11) is 0. The van der Waals surface area contributed by atoms with Gasteiger partial charge in [0.2, 0.25) is 5.16 Å². The molecule has 16 heavy (non-hydrogen) atoms. The van der Waals surface area contributed by atoms with Gasteiger partial charge in [-0.15, -0.1) is 5.10 Å². The van der Waals surface area contributed by atoms with Crippen molar-refractivity contribution in [2.45, 2.75) is 17.0 Å². The maximum absolute atomic E-state index is 10.6. The number of carbonyl (C=O) groups is 1. The topological polar surface area (TPSA) is 58.6 Å². The number of aryl methyl sites for hydroxylation is 1. The third kappa shape index (κ3) is 2.51. The summed E-state index contributed by atoms with van der Waals surface area (Å²) in [6.07, 6.45) is 0.816. The van der Waals surface area contributed by atoms with Gasteiger partial charge in [0.1, 0.15) is 12.1 Å². The van der Waals surface area contributed by atoms with Crippen LogP contribution in [0.25, 0.3) is 0 Å². The number of benzene rings is 1. The molecule has 2 aromatic rings. The highest BCUT2D eigenvalue weighted by molar-refractivity contribution is 9.10. The summed E-state index contributed by atoms with van der Waals surface area (Å²) in [5, 5.41) is 7.47. The molecule has 2 rings (SSSR count). The average Bonchev–Trinajstić information content (AvgIpc) is 2.67. The number of carbonyl (C=O) groups excluding carboxylic acids is 1. The van der Waals surface area contributed by atoms with Crippen LogP contribution in [-0.4, -0.2) is 21.5 Å². The SMILES string of the molecule is Cc1nc(Sc2ccc(C=O)cc2Br)n[nH]1. The summed E-state index contributed by atoms with van der Waals surface area (Å²) in [5.41, 5.74) is 0.641. The molecule has 1 heterocycles. The van der Waals surface area contributed by atoms with E-state index in [2.05, 4.69) is 31.1 Å². The Morgan fingerprint density at radius 1 is 1.50 bits per heavy atom. The molecule has 0 aliphatic rings. The van der Waals surface area contributed by atoms with Gasteiger partial charge >= 0.3 is 0 Å². The van der Waals surface area contributed by atoms with Crippen molar-refractivity contribution in [3.05, 3.63) is 34.1 Å². The Balaban J connectivity index is 2.25. The lowest BCUT2D eigenvalue weighted by molar-refractivity contribution is 0.112. The van der Waals surface area contributed by atoms with E-state index in [9.17, 15) is 4.79 Å². The molecule has 0 bridgehead atoms. The summed E-state index contributed by atoms with van der Waals surface area (Å²) in [6.45, 7) is 1.85. The predicted molar refractivity (Wildman–Crippen MR) is 64.8 cm³/mol. The fourth-order valence-electron chi connectivity index (χ4n) is 1.14. The normalized spacial score (nSPS) is 10.4. The van der Waals surface area contributed by atoms with Crippen molar-refractivity contribution < 1.29 is 4.79 Å². The summed E-state index contributed by atoms with van der Waals surface area (Å²) in [4.78, 5) is 15.7. The second-order valence-corrected chi connectivity index (χ2v) is 4.98. The molecule has 0 aliphatic heterocycles. The third-order valence-corrected chi connectivity index (χ3v) is 3.73. The maximum Gasteiger partial charge on any atom is 0.213 e. The molecule has 1 N–H and O–H groups in total. The molecule has 82 valence electrons. The first-order chi connectivity index (χ1) is 7.69. The molecular weight excluding hydrogens is 290 g/mol. The summed E-state index contributed by atoms with van der Waals surface area (Å²) in [6, 6.07) is 5.40. The summed E-state index contributed by atoms with van der Waals surface area (Å²) < 4.78 is 0.865. The van der Waals surface area contributed by atoms with Gasteiger partial charge < -0.3 is 0 Å². The molecule has 0 spiro atoms. The van der Waals surface area contributed by atoms with E-state index in [4.69, 9.17) is 0 Å². The molecule has 0 amide bonds. The molecule has 1 aromatic heterocycles. The van der Waals surface area contributed by atoms with Crippen molar-refractivity contribution in [1.29, 1.82) is 0 Å². The Labute approximate surface area is 105 Å². The molecule has 0 saturated carbocycles. The molecule has 0 unspecified atom stereocenters. The number of aromatic amines is 1. The van der Waals surface area contributed by atoms with Gasteiger partial charge in [0, 0.05) is 14.9 Å². The monoisotopic (exact) mass is 297 g/mol.